The number of halogens is 1. The van der Waals surface area contributed by atoms with Gasteiger partial charge in [-0.1, -0.05) is 11.6 Å². The zero-order valence-corrected chi connectivity index (χ0v) is 8.12. The monoisotopic (exact) mass is 175 g/mol. The molecular weight excluding hydrogens is 162 g/mol. The van der Waals surface area contributed by atoms with Gasteiger partial charge >= 0.3 is 0 Å². The first-order valence-electron chi connectivity index (χ1n) is 3.38. The summed E-state index contributed by atoms with van der Waals surface area (Å²) in [6.07, 6.45) is 1.82. The average Bonchev–Trinajstić information content (AvgIpc) is 1.98. The van der Waals surface area contributed by atoms with Crippen LogP contribution in [-0.2, 0) is 4.74 Å². The van der Waals surface area contributed by atoms with Crippen LogP contribution in [0.3, 0.4) is 0 Å². The highest BCUT2D eigenvalue weighted by molar-refractivity contribution is 6.29. The maximum absolute atomic E-state index is 5.68. The van der Waals surface area contributed by atoms with E-state index in [9.17, 15) is 0 Å². The normalized spacial score (nSPS) is 14.1. The van der Waals surface area contributed by atoms with Crippen LogP contribution in [0.2, 0.25) is 0 Å². The molecule has 0 bridgehead atoms. The van der Waals surface area contributed by atoms with Crippen molar-refractivity contribution in [2.24, 2.45) is 0 Å². The first-order valence-corrected chi connectivity index (χ1v) is 3.76. The lowest BCUT2D eigenvalue weighted by Crippen LogP contribution is -2.06. The molecule has 0 aromatic carbocycles. The van der Waals surface area contributed by atoms with Gasteiger partial charge in [0.25, 0.3) is 0 Å². The Kier molecular flexibility index (Phi) is 4.79. The van der Waals surface area contributed by atoms with Gasteiger partial charge in [0.2, 0.25) is 0 Å². The lowest BCUT2D eigenvalue weighted by atomic mass is 10.3. The quantitative estimate of drug-likeness (QED) is 0.525. The first-order chi connectivity index (χ1) is 5.11. The molecule has 3 heteroatoms. The van der Waals surface area contributed by atoms with Crippen LogP contribution in [0.25, 0.3) is 0 Å². The lowest BCUT2D eigenvalue weighted by Gasteiger charge is -2.06. The zero-order chi connectivity index (χ0) is 8.85. The lowest BCUT2D eigenvalue weighted by molar-refractivity contribution is 0.288. The number of rotatable bonds is 3. The van der Waals surface area contributed by atoms with Crippen LogP contribution in [-0.4, -0.2) is 14.2 Å². The van der Waals surface area contributed by atoms with Gasteiger partial charge in [0.1, 0.15) is 5.76 Å². The minimum absolute atomic E-state index is 0.728. The van der Waals surface area contributed by atoms with E-state index in [0.29, 0.717) is 0 Å². The van der Waals surface area contributed by atoms with Gasteiger partial charge in [-0.05, 0) is 19.9 Å². The Bertz CT molecular complexity index is 181. The Morgan fingerprint density at radius 3 is 2.27 bits per heavy atom. The van der Waals surface area contributed by atoms with Crippen molar-refractivity contribution in [3.63, 3.8) is 0 Å². The second-order valence-electron chi connectivity index (χ2n) is 2.16. The van der Waals surface area contributed by atoms with Crippen LogP contribution in [0.1, 0.15) is 13.8 Å². The topological polar surface area (TPSA) is 21.3 Å². The molecule has 0 aliphatic heterocycles. The van der Waals surface area contributed by atoms with Gasteiger partial charge in [-0.2, -0.15) is 0 Å². The first kappa shape index (κ1) is 10.4. The minimum Gasteiger partial charge on any atom is -0.499 e. The summed E-state index contributed by atoms with van der Waals surface area (Å²) >= 11 is 5.68. The Balaban J connectivity index is 4.52. The molecule has 0 fully saturated rings. The molecule has 11 heavy (non-hydrogen) atoms. The van der Waals surface area contributed by atoms with E-state index in [4.69, 9.17) is 16.3 Å². The molecule has 64 valence electrons. The largest absolute Gasteiger partial charge is 0.499 e. The van der Waals surface area contributed by atoms with Gasteiger partial charge in [-0.3, -0.25) is 0 Å². The number of hydrogen-bond acceptors (Lipinski definition) is 2. The summed E-state index contributed by atoms with van der Waals surface area (Å²) in [5, 5.41) is 3.71. The molecule has 0 amide bonds. The molecule has 0 unspecified atom stereocenters. The minimum atomic E-state index is 0.728. The van der Waals surface area contributed by atoms with Crippen LogP contribution >= 0.6 is 11.6 Å². The van der Waals surface area contributed by atoms with E-state index in [1.54, 1.807) is 7.11 Å². The van der Waals surface area contributed by atoms with Gasteiger partial charge in [-0.15, -0.1) is 0 Å². The van der Waals surface area contributed by atoms with Crippen molar-refractivity contribution in [3.8, 4) is 0 Å². The fourth-order valence-electron chi connectivity index (χ4n) is 0.659. The maximum Gasteiger partial charge on any atom is 0.115 e. The fourth-order valence-corrected chi connectivity index (χ4v) is 0.768. The van der Waals surface area contributed by atoms with Crippen molar-refractivity contribution in [1.29, 1.82) is 0 Å². The number of nitrogens with one attached hydrogen (secondary N) is 1. The smallest absolute Gasteiger partial charge is 0.115 e. The highest BCUT2D eigenvalue weighted by atomic mass is 35.5. The predicted molar refractivity (Wildman–Crippen MR) is 48.4 cm³/mol. The number of hydrogen-bond donors (Lipinski definition) is 1. The Hall–Kier alpha value is -0.630. The molecule has 0 radical (unpaired) electrons. The summed E-state index contributed by atoms with van der Waals surface area (Å²) in [6.45, 7) is 3.70. The highest BCUT2D eigenvalue weighted by Gasteiger charge is 1.95. The summed E-state index contributed by atoms with van der Waals surface area (Å²) in [6, 6.07) is 0. The third-order valence-electron chi connectivity index (χ3n) is 1.30. The SMILES string of the molecule is CNC(/C=C(\C)Cl)=C(/C)OC. The van der Waals surface area contributed by atoms with E-state index in [1.807, 2.05) is 27.0 Å². The predicted octanol–water partition coefficient (Wildman–Crippen LogP) is 2.23. The van der Waals surface area contributed by atoms with Gasteiger partial charge in [-0.25, -0.2) is 0 Å². The van der Waals surface area contributed by atoms with E-state index < -0.39 is 0 Å². The van der Waals surface area contributed by atoms with Crippen LogP contribution in [0.15, 0.2) is 22.6 Å². The van der Waals surface area contributed by atoms with Gasteiger partial charge < -0.3 is 10.1 Å². The molecule has 0 atom stereocenters. The van der Waals surface area contributed by atoms with Crippen molar-refractivity contribution in [2.75, 3.05) is 14.2 Å². The standard InChI is InChI=1S/C8H14ClNO/c1-6(9)5-8(10-3)7(2)11-4/h5,10H,1-4H3/b6-5+,8-7-. The van der Waals surface area contributed by atoms with E-state index >= 15 is 0 Å². The zero-order valence-electron chi connectivity index (χ0n) is 7.36. The molecule has 0 saturated heterocycles. The van der Waals surface area contributed by atoms with Crippen LogP contribution < -0.4 is 5.32 Å². The third-order valence-corrected chi connectivity index (χ3v) is 1.41. The molecule has 2 nitrogen and oxygen atoms in total. The van der Waals surface area contributed by atoms with Crippen LogP contribution in [0.4, 0.5) is 0 Å². The molecule has 1 N–H and O–H groups in total. The van der Waals surface area contributed by atoms with Gasteiger partial charge in [0.15, 0.2) is 0 Å². The van der Waals surface area contributed by atoms with Gasteiger partial charge in [0, 0.05) is 12.1 Å². The number of methoxy groups -OCH3 is 1. The highest BCUT2D eigenvalue weighted by Crippen LogP contribution is 2.07. The van der Waals surface area contributed by atoms with Crippen molar-refractivity contribution in [2.45, 2.75) is 13.8 Å². The summed E-state index contributed by atoms with van der Waals surface area (Å²) < 4.78 is 5.02. The Labute approximate surface area is 72.9 Å². The molecule has 0 heterocycles. The van der Waals surface area contributed by atoms with Crippen molar-refractivity contribution < 1.29 is 4.74 Å². The maximum atomic E-state index is 5.68. The molecule has 0 rings (SSSR count). The molecule has 0 aromatic heterocycles. The van der Waals surface area contributed by atoms with E-state index in [1.165, 1.54) is 0 Å². The van der Waals surface area contributed by atoms with Crippen LogP contribution in [0.5, 0.6) is 0 Å². The number of allylic oxidation sites excluding steroid dienone is 3. The second-order valence-corrected chi connectivity index (χ2v) is 2.75. The molecular formula is C8H14ClNO. The molecule has 0 aliphatic carbocycles. The molecule has 0 spiro atoms. The number of ether oxygens (including phenoxy) is 1. The summed E-state index contributed by atoms with van der Waals surface area (Å²) in [4.78, 5) is 0. The average molecular weight is 176 g/mol. The Morgan fingerprint density at radius 1 is 1.45 bits per heavy atom. The van der Waals surface area contributed by atoms with E-state index in [-0.39, 0.29) is 0 Å². The summed E-state index contributed by atoms with van der Waals surface area (Å²) in [7, 11) is 3.46. The molecule has 0 aliphatic rings. The van der Waals surface area contributed by atoms with Crippen LogP contribution in [0, 0.1) is 0 Å². The van der Waals surface area contributed by atoms with Crippen molar-refractivity contribution in [1.82, 2.24) is 5.32 Å². The third kappa shape index (κ3) is 3.94. The fraction of sp³-hybridized carbons (Fsp3) is 0.500. The second kappa shape index (κ2) is 5.08. The van der Waals surface area contributed by atoms with E-state index in [0.717, 1.165) is 16.5 Å². The van der Waals surface area contributed by atoms with Gasteiger partial charge in [0.05, 0.1) is 12.8 Å². The van der Waals surface area contributed by atoms with Crippen molar-refractivity contribution >= 4 is 11.6 Å². The number of likely N-dealkylation sites (N-methyl/N-ethyl adjacent to an activating group) is 1. The molecule has 0 saturated carbocycles. The van der Waals surface area contributed by atoms with Crippen molar-refractivity contribution in [3.05, 3.63) is 22.6 Å². The summed E-state index contributed by atoms with van der Waals surface area (Å²) in [5.74, 6) is 0.826. The molecule has 0 aromatic rings. The summed E-state index contributed by atoms with van der Waals surface area (Å²) in [5.41, 5.74) is 0.903. The Morgan fingerprint density at radius 2 is 2.00 bits per heavy atom. The van der Waals surface area contributed by atoms with E-state index in [2.05, 4.69) is 5.32 Å².